The van der Waals surface area contributed by atoms with Crippen molar-refractivity contribution in [2.24, 2.45) is 10.8 Å². The van der Waals surface area contributed by atoms with E-state index in [9.17, 15) is 5.11 Å². The third kappa shape index (κ3) is 7.25. The first kappa shape index (κ1) is 35.1. The van der Waals surface area contributed by atoms with Gasteiger partial charge < -0.3 is 9.84 Å². The third-order valence-corrected chi connectivity index (χ3v) is 9.41. The van der Waals surface area contributed by atoms with Gasteiger partial charge >= 0.3 is 0 Å². The van der Waals surface area contributed by atoms with E-state index in [0.717, 1.165) is 62.8 Å². The first-order valence-electron chi connectivity index (χ1n) is 17.6. The van der Waals surface area contributed by atoms with Crippen LogP contribution in [0.2, 0.25) is 0 Å². The number of benzene rings is 4. The molecule has 0 amide bonds. The molecular weight excluding hydrogens is 621 g/mol. The van der Waals surface area contributed by atoms with Gasteiger partial charge in [0.2, 0.25) is 0 Å². The van der Waals surface area contributed by atoms with Crippen molar-refractivity contribution in [3.05, 3.63) is 95.1 Å². The predicted molar refractivity (Wildman–Crippen MR) is 203 cm³/mol. The van der Waals surface area contributed by atoms with Gasteiger partial charge in [0.15, 0.2) is 0 Å². The molecule has 8 nitrogen and oxygen atoms in total. The number of hydrogen-bond acceptors (Lipinski definition) is 6. The van der Waals surface area contributed by atoms with E-state index in [0.29, 0.717) is 17.9 Å². The van der Waals surface area contributed by atoms with Crippen LogP contribution < -0.4 is 4.74 Å². The SMILES string of the molecule is COc1c(Cc2cc(C(C)(C)CC(C)(C)C)cc(-n3nc4ccccc4n3)c2O)cc(C(C)(C)CC(C)(C)C)cc1-n1nc2ccccc2n1. The number of phenolic OH excluding ortho intramolecular Hbond substituents is 1. The van der Waals surface area contributed by atoms with Crippen molar-refractivity contribution >= 4 is 22.1 Å². The monoisotopic (exact) mass is 672 g/mol. The minimum atomic E-state index is -0.201. The highest BCUT2D eigenvalue weighted by Gasteiger charge is 2.32. The number of aromatic hydroxyl groups is 1. The molecule has 0 atom stereocenters. The molecule has 0 fully saturated rings. The van der Waals surface area contributed by atoms with Crippen LogP contribution in [0.1, 0.15) is 104 Å². The van der Waals surface area contributed by atoms with Crippen molar-refractivity contribution < 1.29 is 9.84 Å². The molecule has 0 spiro atoms. The molecule has 0 aliphatic heterocycles. The highest BCUT2D eigenvalue weighted by atomic mass is 16.5. The third-order valence-electron chi connectivity index (χ3n) is 9.41. The Morgan fingerprint density at radius 2 is 0.940 bits per heavy atom. The van der Waals surface area contributed by atoms with Crippen molar-refractivity contribution in [3.8, 4) is 22.9 Å². The Morgan fingerprint density at radius 1 is 0.560 bits per heavy atom. The van der Waals surface area contributed by atoms with Gasteiger partial charge in [0.25, 0.3) is 0 Å². The number of rotatable bonds is 9. The molecular formula is C42H52N6O2. The zero-order valence-corrected chi connectivity index (χ0v) is 31.6. The summed E-state index contributed by atoms with van der Waals surface area (Å²) in [5.74, 6) is 0.815. The lowest BCUT2D eigenvalue weighted by Gasteiger charge is -2.34. The molecule has 2 aromatic heterocycles. The molecule has 50 heavy (non-hydrogen) atoms. The summed E-state index contributed by atoms with van der Waals surface area (Å²) in [6, 6.07) is 24.3. The number of fused-ring (bicyclic) bond motifs is 2. The van der Waals surface area contributed by atoms with Crippen molar-refractivity contribution in [3.63, 3.8) is 0 Å². The van der Waals surface area contributed by atoms with Crippen molar-refractivity contribution in [1.29, 1.82) is 0 Å². The van der Waals surface area contributed by atoms with Crippen molar-refractivity contribution in [2.75, 3.05) is 7.11 Å². The van der Waals surface area contributed by atoms with E-state index in [1.165, 1.54) is 0 Å². The topological polar surface area (TPSA) is 90.9 Å². The number of aromatic nitrogens is 6. The lowest BCUT2D eigenvalue weighted by molar-refractivity contribution is 0.283. The van der Waals surface area contributed by atoms with Gasteiger partial charge in [0.1, 0.15) is 44.9 Å². The maximum atomic E-state index is 12.1. The van der Waals surface area contributed by atoms with Crippen LogP contribution in [0.4, 0.5) is 0 Å². The predicted octanol–water partition coefficient (Wildman–Crippen LogP) is 9.89. The van der Waals surface area contributed by atoms with E-state index in [2.05, 4.69) is 87.4 Å². The highest BCUT2D eigenvalue weighted by molar-refractivity contribution is 5.75. The molecule has 0 aliphatic rings. The molecule has 6 rings (SSSR count). The Balaban J connectivity index is 1.58. The number of ether oxygens (including phenoxy) is 1. The van der Waals surface area contributed by atoms with Gasteiger partial charge in [-0.15, -0.1) is 30.0 Å². The Hall–Kier alpha value is -4.72. The molecule has 0 saturated heterocycles. The average molecular weight is 673 g/mol. The molecule has 0 bridgehead atoms. The number of phenols is 1. The highest BCUT2D eigenvalue weighted by Crippen LogP contribution is 2.44. The molecule has 2 heterocycles. The first-order chi connectivity index (χ1) is 23.3. The number of nitrogens with zero attached hydrogens (tertiary/aromatic N) is 6. The summed E-state index contributed by atoms with van der Waals surface area (Å²) < 4.78 is 6.21. The molecule has 1 N–H and O–H groups in total. The van der Waals surface area contributed by atoms with E-state index in [-0.39, 0.29) is 27.4 Å². The van der Waals surface area contributed by atoms with Crippen LogP contribution in [0.15, 0.2) is 72.8 Å². The molecule has 4 aromatic carbocycles. The van der Waals surface area contributed by atoms with Gasteiger partial charge in [-0.2, -0.15) is 0 Å². The first-order valence-corrected chi connectivity index (χ1v) is 17.6. The van der Waals surface area contributed by atoms with E-state index in [1.54, 1.807) is 16.7 Å². The zero-order valence-electron chi connectivity index (χ0n) is 31.6. The maximum absolute atomic E-state index is 12.1. The second-order valence-electron chi connectivity index (χ2n) is 17.6. The standard InChI is InChI=1S/C42H52N6O2/c1-39(2,3)25-41(7,8)29-21-27(37(49)35(23-29)47-43-31-16-12-13-17-32(31)44-47)20-28-22-30(42(9,10)26-40(4,5)6)24-36(38(28)50-11)48-45-33-18-14-15-19-34(33)46-48/h12-19,21-24,49H,20,25-26H2,1-11H3. The van der Waals surface area contributed by atoms with Gasteiger partial charge in [-0.25, -0.2) is 0 Å². The van der Waals surface area contributed by atoms with E-state index in [4.69, 9.17) is 25.1 Å². The van der Waals surface area contributed by atoms with Crippen molar-refractivity contribution in [1.82, 2.24) is 30.0 Å². The Labute approximate surface area is 296 Å². The fraction of sp³-hybridized carbons (Fsp3) is 0.429. The Bertz CT molecular complexity index is 2110. The molecule has 0 saturated carbocycles. The summed E-state index contributed by atoms with van der Waals surface area (Å²) in [5, 5.41) is 31.4. The van der Waals surface area contributed by atoms with Crippen LogP contribution in [-0.4, -0.2) is 42.2 Å². The number of methoxy groups -OCH3 is 1. The second kappa shape index (κ2) is 12.6. The van der Waals surface area contributed by atoms with Gasteiger partial charge in [-0.3, -0.25) is 0 Å². The summed E-state index contributed by atoms with van der Waals surface area (Å²) in [6.45, 7) is 22.8. The van der Waals surface area contributed by atoms with Crippen LogP contribution in [0.3, 0.4) is 0 Å². The molecule has 262 valence electrons. The van der Waals surface area contributed by atoms with Crippen LogP contribution >= 0.6 is 0 Å². The van der Waals surface area contributed by atoms with E-state index < -0.39 is 0 Å². The lowest BCUT2D eigenvalue weighted by Crippen LogP contribution is -2.26. The Kier molecular flexibility index (Phi) is 8.82. The van der Waals surface area contributed by atoms with Crippen LogP contribution in [-0.2, 0) is 17.3 Å². The fourth-order valence-electron chi connectivity index (χ4n) is 7.93. The van der Waals surface area contributed by atoms with E-state index >= 15 is 0 Å². The van der Waals surface area contributed by atoms with Crippen LogP contribution in [0.5, 0.6) is 11.5 Å². The molecule has 0 radical (unpaired) electrons. The van der Waals surface area contributed by atoms with Crippen molar-refractivity contribution in [2.45, 2.75) is 99.3 Å². The van der Waals surface area contributed by atoms with Gasteiger partial charge in [-0.05, 0) is 82.0 Å². The van der Waals surface area contributed by atoms with Crippen LogP contribution in [0.25, 0.3) is 33.4 Å². The lowest BCUT2D eigenvalue weighted by atomic mass is 9.71. The van der Waals surface area contributed by atoms with Crippen LogP contribution in [0, 0.1) is 10.8 Å². The maximum Gasteiger partial charge on any atom is 0.149 e. The second-order valence-corrected chi connectivity index (χ2v) is 17.6. The minimum absolute atomic E-state index is 0.0890. The van der Waals surface area contributed by atoms with Gasteiger partial charge in [0.05, 0.1) is 7.11 Å². The van der Waals surface area contributed by atoms with Gasteiger partial charge in [-0.1, -0.05) is 106 Å². The smallest absolute Gasteiger partial charge is 0.149 e. The van der Waals surface area contributed by atoms with E-state index in [1.807, 2.05) is 54.6 Å². The summed E-state index contributed by atoms with van der Waals surface area (Å²) in [6.07, 6.45) is 2.32. The molecule has 8 heteroatoms. The summed E-state index contributed by atoms with van der Waals surface area (Å²) in [5.41, 5.74) is 8.27. The largest absolute Gasteiger partial charge is 0.505 e. The quantitative estimate of drug-likeness (QED) is 0.164. The molecule has 0 unspecified atom stereocenters. The average Bonchev–Trinajstić information content (AvgIpc) is 3.64. The zero-order chi connectivity index (χ0) is 36.2. The van der Waals surface area contributed by atoms with Gasteiger partial charge in [0, 0.05) is 17.5 Å². The number of hydrogen-bond donors (Lipinski definition) is 1. The summed E-state index contributed by atoms with van der Waals surface area (Å²) in [7, 11) is 1.69. The molecule has 0 aliphatic carbocycles. The summed E-state index contributed by atoms with van der Waals surface area (Å²) >= 11 is 0. The normalized spacial score (nSPS) is 13.0. The minimum Gasteiger partial charge on any atom is -0.505 e. The Morgan fingerprint density at radius 3 is 1.34 bits per heavy atom. The fourth-order valence-corrected chi connectivity index (χ4v) is 7.93. The summed E-state index contributed by atoms with van der Waals surface area (Å²) in [4.78, 5) is 3.27. The molecule has 6 aromatic rings.